The molecule has 3 nitrogen and oxygen atoms in total. The van der Waals surface area contributed by atoms with Crippen molar-refractivity contribution in [3.05, 3.63) is 17.4 Å². The number of aromatic nitrogens is 2. The van der Waals surface area contributed by atoms with Crippen molar-refractivity contribution >= 4 is 17.5 Å². The van der Waals surface area contributed by atoms with Crippen LogP contribution in [0.5, 0.6) is 0 Å². The van der Waals surface area contributed by atoms with Crippen molar-refractivity contribution < 1.29 is 0 Å². The van der Waals surface area contributed by atoms with E-state index in [4.69, 9.17) is 11.6 Å². The molecule has 0 bridgehead atoms. The lowest BCUT2D eigenvalue weighted by Crippen LogP contribution is -2.31. The molecule has 1 aliphatic rings. The topological polar surface area (TPSA) is 37.8 Å². The van der Waals surface area contributed by atoms with Crippen molar-refractivity contribution in [3.63, 3.8) is 0 Å². The first-order valence-electron chi connectivity index (χ1n) is 4.94. The van der Waals surface area contributed by atoms with Gasteiger partial charge in [-0.05, 0) is 19.8 Å². The van der Waals surface area contributed by atoms with Crippen molar-refractivity contribution in [3.8, 4) is 0 Å². The smallest absolute Gasteiger partial charge is 0.223 e. The average molecular weight is 212 g/mol. The minimum Gasteiger partial charge on any atom is -0.349 e. The first-order chi connectivity index (χ1) is 6.68. The van der Waals surface area contributed by atoms with Crippen molar-refractivity contribution in [1.82, 2.24) is 9.97 Å². The predicted octanol–water partition coefficient (Wildman–Crippen LogP) is 2.87. The molecule has 0 amide bonds. The first kappa shape index (κ1) is 9.71. The van der Waals surface area contributed by atoms with Gasteiger partial charge in [-0.25, -0.2) is 9.97 Å². The zero-order valence-electron chi connectivity index (χ0n) is 8.26. The molecule has 1 heterocycles. The molecule has 0 radical (unpaired) electrons. The quantitative estimate of drug-likeness (QED) is 0.818. The number of nitrogens with zero attached hydrogens (tertiary/aromatic N) is 2. The van der Waals surface area contributed by atoms with Gasteiger partial charge in [0.1, 0.15) is 0 Å². The number of halogens is 1. The van der Waals surface area contributed by atoms with Crippen LogP contribution in [0.4, 0.5) is 5.95 Å². The van der Waals surface area contributed by atoms with Crippen LogP contribution in [-0.4, -0.2) is 15.5 Å². The Morgan fingerprint density at radius 2 is 1.86 bits per heavy atom. The third-order valence-electron chi connectivity index (χ3n) is 2.74. The highest BCUT2D eigenvalue weighted by molar-refractivity contribution is 6.30. The Labute approximate surface area is 88.9 Å². The Balaban J connectivity index is 2.06. The standard InChI is InChI=1S/C10H14ClN3/c1-10(4-2-3-5-10)14-9-12-6-8(11)7-13-9/h6-7H,2-5H2,1H3,(H,12,13,14). The summed E-state index contributed by atoms with van der Waals surface area (Å²) in [5, 5.41) is 3.94. The molecule has 0 unspecified atom stereocenters. The van der Waals surface area contributed by atoms with E-state index in [0.29, 0.717) is 11.0 Å². The maximum atomic E-state index is 5.71. The number of anilines is 1. The zero-order valence-corrected chi connectivity index (χ0v) is 9.01. The molecule has 1 aliphatic carbocycles. The van der Waals surface area contributed by atoms with E-state index in [0.717, 1.165) is 0 Å². The van der Waals surface area contributed by atoms with Gasteiger partial charge in [-0.15, -0.1) is 0 Å². The van der Waals surface area contributed by atoms with Gasteiger partial charge in [-0.2, -0.15) is 0 Å². The molecule has 2 rings (SSSR count). The second kappa shape index (κ2) is 3.73. The van der Waals surface area contributed by atoms with Crippen LogP contribution in [0.2, 0.25) is 5.02 Å². The SMILES string of the molecule is CC1(Nc2ncc(Cl)cn2)CCCC1. The second-order valence-electron chi connectivity index (χ2n) is 4.12. The molecular formula is C10H14ClN3. The van der Waals surface area contributed by atoms with E-state index in [9.17, 15) is 0 Å². The normalized spacial score (nSPS) is 19.6. The van der Waals surface area contributed by atoms with Crippen LogP contribution in [0.3, 0.4) is 0 Å². The number of hydrogen-bond donors (Lipinski definition) is 1. The van der Waals surface area contributed by atoms with Crippen molar-refractivity contribution in [2.45, 2.75) is 38.1 Å². The van der Waals surface area contributed by atoms with E-state index in [2.05, 4.69) is 22.2 Å². The molecule has 1 aromatic heterocycles. The summed E-state index contributed by atoms with van der Waals surface area (Å²) in [5.74, 6) is 0.679. The maximum absolute atomic E-state index is 5.71. The van der Waals surface area contributed by atoms with Gasteiger partial charge < -0.3 is 5.32 Å². The predicted molar refractivity (Wildman–Crippen MR) is 57.5 cm³/mol. The molecule has 1 saturated carbocycles. The van der Waals surface area contributed by atoms with E-state index in [1.165, 1.54) is 25.7 Å². The van der Waals surface area contributed by atoms with E-state index in [1.807, 2.05) is 0 Å². The third kappa shape index (κ3) is 2.15. The summed E-state index contributed by atoms with van der Waals surface area (Å²) in [7, 11) is 0. The highest BCUT2D eigenvalue weighted by Gasteiger charge is 2.28. The van der Waals surface area contributed by atoms with Crippen LogP contribution in [-0.2, 0) is 0 Å². The summed E-state index contributed by atoms with van der Waals surface area (Å²) in [6.45, 7) is 2.22. The summed E-state index contributed by atoms with van der Waals surface area (Å²) in [5.41, 5.74) is 0.174. The molecule has 1 aromatic rings. The van der Waals surface area contributed by atoms with Gasteiger partial charge in [0.2, 0.25) is 5.95 Å². The second-order valence-corrected chi connectivity index (χ2v) is 4.55. The number of rotatable bonds is 2. The van der Waals surface area contributed by atoms with E-state index >= 15 is 0 Å². The van der Waals surface area contributed by atoms with E-state index in [-0.39, 0.29) is 5.54 Å². The molecule has 0 saturated heterocycles. The molecule has 14 heavy (non-hydrogen) atoms. The van der Waals surface area contributed by atoms with Gasteiger partial charge in [0.05, 0.1) is 17.4 Å². The maximum Gasteiger partial charge on any atom is 0.223 e. The molecule has 1 N–H and O–H groups in total. The van der Waals surface area contributed by atoms with Gasteiger partial charge in [-0.3, -0.25) is 0 Å². The first-order valence-corrected chi connectivity index (χ1v) is 5.32. The van der Waals surface area contributed by atoms with E-state index < -0.39 is 0 Å². The Kier molecular flexibility index (Phi) is 2.59. The summed E-state index contributed by atoms with van der Waals surface area (Å²) in [6, 6.07) is 0. The van der Waals surface area contributed by atoms with Gasteiger partial charge in [0.25, 0.3) is 0 Å². The summed E-state index contributed by atoms with van der Waals surface area (Å²) in [4.78, 5) is 8.27. The highest BCUT2D eigenvalue weighted by atomic mass is 35.5. The monoisotopic (exact) mass is 211 g/mol. The minimum absolute atomic E-state index is 0.174. The minimum atomic E-state index is 0.174. The lowest BCUT2D eigenvalue weighted by atomic mass is 10.0. The van der Waals surface area contributed by atoms with Crippen molar-refractivity contribution in [2.75, 3.05) is 5.32 Å². The van der Waals surface area contributed by atoms with Crippen LogP contribution < -0.4 is 5.32 Å². The van der Waals surface area contributed by atoms with Gasteiger partial charge in [0.15, 0.2) is 0 Å². The third-order valence-corrected chi connectivity index (χ3v) is 2.94. The van der Waals surface area contributed by atoms with Gasteiger partial charge >= 0.3 is 0 Å². The van der Waals surface area contributed by atoms with Crippen LogP contribution in [0.1, 0.15) is 32.6 Å². The lowest BCUT2D eigenvalue weighted by Gasteiger charge is -2.24. The Morgan fingerprint density at radius 3 is 2.43 bits per heavy atom. The average Bonchev–Trinajstić information content (AvgIpc) is 2.57. The highest BCUT2D eigenvalue weighted by Crippen LogP contribution is 2.31. The fourth-order valence-electron chi connectivity index (χ4n) is 1.93. The van der Waals surface area contributed by atoms with Crippen LogP contribution >= 0.6 is 11.6 Å². The Bertz CT molecular complexity index is 304. The van der Waals surface area contributed by atoms with Crippen LogP contribution in [0.25, 0.3) is 0 Å². The Morgan fingerprint density at radius 1 is 1.29 bits per heavy atom. The largest absolute Gasteiger partial charge is 0.349 e. The van der Waals surface area contributed by atoms with Crippen LogP contribution in [0.15, 0.2) is 12.4 Å². The fourth-order valence-corrected chi connectivity index (χ4v) is 2.02. The summed E-state index contributed by atoms with van der Waals surface area (Å²) >= 11 is 5.71. The molecule has 0 spiro atoms. The van der Waals surface area contributed by atoms with Gasteiger partial charge in [-0.1, -0.05) is 24.4 Å². The zero-order chi connectivity index (χ0) is 10.0. The molecule has 76 valence electrons. The Hall–Kier alpha value is -0.830. The molecule has 0 atom stereocenters. The van der Waals surface area contributed by atoms with Crippen molar-refractivity contribution in [2.24, 2.45) is 0 Å². The number of nitrogens with one attached hydrogen (secondary N) is 1. The fraction of sp³-hybridized carbons (Fsp3) is 0.600. The van der Waals surface area contributed by atoms with Crippen LogP contribution in [0, 0.1) is 0 Å². The van der Waals surface area contributed by atoms with Gasteiger partial charge in [0, 0.05) is 5.54 Å². The number of hydrogen-bond acceptors (Lipinski definition) is 3. The summed E-state index contributed by atoms with van der Waals surface area (Å²) in [6.07, 6.45) is 8.20. The molecule has 0 aromatic carbocycles. The molecule has 0 aliphatic heterocycles. The lowest BCUT2D eigenvalue weighted by molar-refractivity contribution is 0.528. The van der Waals surface area contributed by atoms with E-state index in [1.54, 1.807) is 12.4 Å². The summed E-state index contributed by atoms with van der Waals surface area (Å²) < 4.78 is 0. The molecule has 4 heteroatoms. The molecular weight excluding hydrogens is 198 g/mol. The van der Waals surface area contributed by atoms with Crippen molar-refractivity contribution in [1.29, 1.82) is 0 Å². The molecule has 1 fully saturated rings.